The van der Waals surface area contributed by atoms with E-state index in [1.165, 1.54) is 5.56 Å². The molecule has 0 radical (unpaired) electrons. The van der Waals surface area contributed by atoms with Crippen molar-refractivity contribution in [3.8, 4) is 0 Å². The first-order chi connectivity index (χ1) is 14.6. The summed E-state index contributed by atoms with van der Waals surface area (Å²) in [7, 11) is 0. The normalized spacial score (nSPS) is 26.4. The molecule has 5 rings (SSSR count). The number of likely N-dealkylation sites (tertiary alicyclic amines) is 1. The zero-order chi connectivity index (χ0) is 20.7. The highest BCUT2D eigenvalue weighted by Crippen LogP contribution is 2.35. The van der Waals surface area contributed by atoms with Gasteiger partial charge in [0.2, 0.25) is 0 Å². The number of hydrogen-bond donors (Lipinski definition) is 1. The first-order valence-corrected chi connectivity index (χ1v) is 11.6. The van der Waals surface area contributed by atoms with E-state index in [-0.39, 0.29) is 29.7 Å². The number of amides is 1. The van der Waals surface area contributed by atoms with Gasteiger partial charge in [0.1, 0.15) is 5.56 Å². The van der Waals surface area contributed by atoms with E-state index in [0.717, 1.165) is 31.7 Å². The maximum atomic E-state index is 13.2. The lowest BCUT2D eigenvalue weighted by Gasteiger charge is -2.43. The largest absolute Gasteiger partial charge is 0.394 e. The average molecular weight is 430 g/mol. The van der Waals surface area contributed by atoms with Gasteiger partial charge in [-0.15, -0.1) is 0 Å². The number of rotatable bonds is 4. The van der Waals surface area contributed by atoms with Crippen molar-refractivity contribution in [2.24, 2.45) is 5.92 Å². The third-order valence-electron chi connectivity index (χ3n) is 6.53. The van der Waals surface area contributed by atoms with Crippen molar-refractivity contribution in [1.29, 1.82) is 0 Å². The van der Waals surface area contributed by atoms with Crippen LogP contribution in [-0.4, -0.2) is 70.9 Å². The number of nitrogens with zero attached hydrogens (tertiary/aromatic N) is 3. The number of ether oxygens (including phenoxy) is 1. The van der Waals surface area contributed by atoms with Crippen LogP contribution >= 0.6 is 11.3 Å². The molecule has 0 spiro atoms. The number of pyridine rings is 1. The quantitative estimate of drug-likeness (QED) is 0.795. The van der Waals surface area contributed by atoms with Crippen molar-refractivity contribution in [3.63, 3.8) is 0 Å². The van der Waals surface area contributed by atoms with Crippen molar-refractivity contribution in [2.45, 2.75) is 31.5 Å². The van der Waals surface area contributed by atoms with Crippen molar-refractivity contribution in [2.75, 3.05) is 39.4 Å². The molecule has 8 heteroatoms. The molecule has 0 aromatic carbocycles. The molecule has 3 aliphatic heterocycles. The number of carbonyl (C=O) groups excluding carboxylic acids is 1. The Balaban J connectivity index is 1.37. The third kappa shape index (κ3) is 3.73. The van der Waals surface area contributed by atoms with Gasteiger partial charge in [-0.05, 0) is 46.9 Å². The Morgan fingerprint density at radius 2 is 2.10 bits per heavy atom. The Morgan fingerprint density at radius 1 is 1.20 bits per heavy atom. The topological polar surface area (TPSA) is 75.0 Å². The van der Waals surface area contributed by atoms with E-state index in [2.05, 4.69) is 21.7 Å². The molecule has 2 aromatic heterocycles. The summed E-state index contributed by atoms with van der Waals surface area (Å²) >= 11 is 1.73. The van der Waals surface area contributed by atoms with Crippen LogP contribution in [-0.2, 0) is 17.8 Å². The van der Waals surface area contributed by atoms with Gasteiger partial charge in [0.05, 0.1) is 19.3 Å². The standard InChI is InChI=1S/C22H27N3O4S/c26-13-18-12-24(4-5-29-18)21(27)19-1-2-20-17-7-16(10-25(20)22(19)28)9-23(11-17)8-15-3-6-30-14-15/h1-3,6,14,16-18,26H,4-5,7-13H2/t16-,17+,18+/m0/s1. The monoisotopic (exact) mass is 429 g/mol. The molecule has 7 nitrogen and oxygen atoms in total. The lowest BCUT2D eigenvalue weighted by molar-refractivity contribution is -0.0447. The van der Waals surface area contributed by atoms with E-state index in [1.807, 2.05) is 10.6 Å². The van der Waals surface area contributed by atoms with Crippen LogP contribution in [0.2, 0.25) is 0 Å². The Bertz CT molecular complexity index is 973. The molecule has 5 heterocycles. The van der Waals surface area contributed by atoms with Crippen molar-refractivity contribution in [1.82, 2.24) is 14.4 Å². The van der Waals surface area contributed by atoms with Gasteiger partial charge < -0.3 is 19.3 Å². The smallest absolute Gasteiger partial charge is 0.263 e. The van der Waals surface area contributed by atoms with Crippen LogP contribution in [0.5, 0.6) is 0 Å². The average Bonchev–Trinajstić information content (AvgIpc) is 3.27. The number of carbonyl (C=O) groups is 1. The zero-order valence-electron chi connectivity index (χ0n) is 16.9. The number of aromatic nitrogens is 1. The summed E-state index contributed by atoms with van der Waals surface area (Å²) in [6.45, 7) is 4.58. The second-order valence-electron chi connectivity index (χ2n) is 8.64. The summed E-state index contributed by atoms with van der Waals surface area (Å²) in [5, 5.41) is 13.7. The predicted octanol–water partition coefficient (Wildman–Crippen LogP) is 1.36. The van der Waals surface area contributed by atoms with Gasteiger partial charge in [0.15, 0.2) is 0 Å². The van der Waals surface area contributed by atoms with E-state index in [9.17, 15) is 14.7 Å². The number of hydrogen-bond acceptors (Lipinski definition) is 6. The molecule has 0 aliphatic carbocycles. The minimum Gasteiger partial charge on any atom is -0.394 e. The highest BCUT2D eigenvalue weighted by atomic mass is 32.1. The first-order valence-electron chi connectivity index (χ1n) is 10.6. The molecule has 1 amide bonds. The molecule has 2 saturated heterocycles. The lowest BCUT2D eigenvalue weighted by atomic mass is 9.83. The number of aliphatic hydroxyl groups excluding tert-OH is 1. The molecule has 2 aromatic rings. The number of thiophene rings is 1. The maximum absolute atomic E-state index is 13.2. The molecule has 3 aliphatic rings. The van der Waals surface area contributed by atoms with E-state index in [0.29, 0.717) is 38.1 Å². The van der Waals surface area contributed by atoms with Crippen LogP contribution in [0.4, 0.5) is 0 Å². The molecule has 160 valence electrons. The number of fused-ring (bicyclic) bond motifs is 4. The minimum atomic E-state index is -0.378. The number of piperidine rings is 1. The minimum absolute atomic E-state index is 0.127. The molecule has 2 bridgehead atoms. The van der Waals surface area contributed by atoms with Crippen molar-refractivity contribution in [3.05, 3.63) is 56.1 Å². The summed E-state index contributed by atoms with van der Waals surface area (Å²) in [5.74, 6) is 0.502. The van der Waals surface area contributed by atoms with Gasteiger partial charge in [-0.2, -0.15) is 11.3 Å². The lowest BCUT2D eigenvalue weighted by Crippen LogP contribution is -2.50. The molecule has 30 heavy (non-hydrogen) atoms. The number of aliphatic hydroxyl groups is 1. The molecular formula is C22H27N3O4S. The summed E-state index contributed by atoms with van der Waals surface area (Å²) < 4.78 is 7.28. The van der Waals surface area contributed by atoms with E-state index < -0.39 is 0 Å². The van der Waals surface area contributed by atoms with Gasteiger partial charge in [-0.1, -0.05) is 0 Å². The highest BCUT2D eigenvalue weighted by Gasteiger charge is 2.36. The molecular weight excluding hydrogens is 402 g/mol. The van der Waals surface area contributed by atoms with Crippen LogP contribution in [0.25, 0.3) is 0 Å². The van der Waals surface area contributed by atoms with Crippen LogP contribution in [0, 0.1) is 5.92 Å². The van der Waals surface area contributed by atoms with Gasteiger partial charge in [-0.3, -0.25) is 14.5 Å². The SMILES string of the molecule is O=C(c1ccc2n(c1=O)C[C@H]1C[C@@H]2CN(Cc2ccsc2)C1)N1CCO[C@@H](CO)C1. The summed E-state index contributed by atoms with van der Waals surface area (Å²) in [4.78, 5) is 30.4. The second kappa shape index (κ2) is 8.26. The fourth-order valence-corrected chi connectivity index (χ4v) is 5.82. The second-order valence-corrected chi connectivity index (χ2v) is 9.42. The van der Waals surface area contributed by atoms with E-state index in [1.54, 1.807) is 22.3 Å². The van der Waals surface area contributed by atoms with Gasteiger partial charge >= 0.3 is 0 Å². The fraction of sp³-hybridized carbons (Fsp3) is 0.545. The molecule has 1 N–H and O–H groups in total. The van der Waals surface area contributed by atoms with E-state index >= 15 is 0 Å². The van der Waals surface area contributed by atoms with Gasteiger partial charge in [0, 0.05) is 50.9 Å². The molecule has 0 unspecified atom stereocenters. The fourth-order valence-electron chi connectivity index (χ4n) is 5.16. The summed E-state index contributed by atoms with van der Waals surface area (Å²) in [6.07, 6.45) is 0.728. The molecule has 3 atom stereocenters. The van der Waals surface area contributed by atoms with Crippen molar-refractivity contribution >= 4 is 17.2 Å². The molecule has 2 fully saturated rings. The van der Waals surface area contributed by atoms with E-state index in [4.69, 9.17) is 4.74 Å². The van der Waals surface area contributed by atoms with Crippen LogP contribution in [0.1, 0.15) is 34.0 Å². The van der Waals surface area contributed by atoms with Crippen LogP contribution in [0.15, 0.2) is 33.8 Å². The highest BCUT2D eigenvalue weighted by molar-refractivity contribution is 7.07. The Labute approximate surface area is 179 Å². The third-order valence-corrected chi connectivity index (χ3v) is 7.26. The van der Waals surface area contributed by atoms with Gasteiger partial charge in [-0.25, -0.2) is 0 Å². The Kier molecular flexibility index (Phi) is 5.49. The zero-order valence-corrected chi connectivity index (χ0v) is 17.7. The van der Waals surface area contributed by atoms with Crippen LogP contribution < -0.4 is 5.56 Å². The van der Waals surface area contributed by atoms with Crippen LogP contribution in [0.3, 0.4) is 0 Å². The number of morpholine rings is 1. The Morgan fingerprint density at radius 3 is 2.90 bits per heavy atom. The Hall–Kier alpha value is -2.00. The van der Waals surface area contributed by atoms with Crippen molar-refractivity contribution < 1.29 is 14.6 Å². The summed E-state index contributed by atoms with van der Waals surface area (Å²) in [5.41, 5.74) is 2.46. The first kappa shape index (κ1) is 19.9. The summed E-state index contributed by atoms with van der Waals surface area (Å²) in [6, 6.07) is 5.87. The maximum Gasteiger partial charge on any atom is 0.263 e. The predicted molar refractivity (Wildman–Crippen MR) is 114 cm³/mol. The van der Waals surface area contributed by atoms with Gasteiger partial charge in [0.25, 0.3) is 11.5 Å². The molecule has 0 saturated carbocycles.